The molecule has 5 heteroatoms. The SMILES string of the molecule is CCOc1cc(-c2ccc[nH]2)c2c3c(ccc(F)c13)NC2=O. The monoisotopic (exact) mass is 296 g/mol. The van der Waals surface area contributed by atoms with Crippen molar-refractivity contribution in [1.29, 1.82) is 0 Å². The summed E-state index contributed by atoms with van der Waals surface area (Å²) < 4.78 is 20.0. The van der Waals surface area contributed by atoms with E-state index < -0.39 is 5.82 Å². The number of benzene rings is 2. The van der Waals surface area contributed by atoms with Crippen LogP contribution < -0.4 is 10.1 Å². The molecule has 22 heavy (non-hydrogen) atoms. The van der Waals surface area contributed by atoms with Gasteiger partial charge in [-0.25, -0.2) is 4.39 Å². The number of H-pyrrole nitrogens is 1. The average Bonchev–Trinajstić information content (AvgIpc) is 3.13. The first kappa shape index (κ1) is 12.9. The van der Waals surface area contributed by atoms with Gasteiger partial charge in [0, 0.05) is 22.8 Å². The summed E-state index contributed by atoms with van der Waals surface area (Å²) in [6.45, 7) is 2.27. The van der Waals surface area contributed by atoms with E-state index in [0.717, 1.165) is 5.69 Å². The normalized spacial score (nSPS) is 12.7. The molecule has 0 spiro atoms. The molecule has 0 fully saturated rings. The quantitative estimate of drug-likeness (QED) is 0.769. The van der Waals surface area contributed by atoms with E-state index in [1.165, 1.54) is 6.07 Å². The highest BCUT2D eigenvalue weighted by Gasteiger charge is 2.29. The first-order chi connectivity index (χ1) is 10.7. The van der Waals surface area contributed by atoms with E-state index in [1.807, 2.05) is 19.1 Å². The minimum atomic E-state index is -0.391. The highest BCUT2D eigenvalue weighted by atomic mass is 19.1. The lowest BCUT2D eigenvalue weighted by molar-refractivity contribution is 0.103. The molecule has 0 unspecified atom stereocenters. The Hall–Kier alpha value is -2.82. The van der Waals surface area contributed by atoms with Gasteiger partial charge < -0.3 is 15.0 Å². The predicted octanol–water partition coefficient (Wildman–Crippen LogP) is 3.94. The van der Waals surface area contributed by atoms with Crippen LogP contribution in [-0.4, -0.2) is 17.5 Å². The Morgan fingerprint density at radius 3 is 2.82 bits per heavy atom. The Labute approximate surface area is 125 Å². The molecule has 4 nitrogen and oxygen atoms in total. The summed E-state index contributed by atoms with van der Waals surface area (Å²) in [5, 5.41) is 3.73. The number of aromatic nitrogens is 1. The molecule has 0 saturated heterocycles. The predicted molar refractivity (Wildman–Crippen MR) is 82.8 cm³/mol. The lowest BCUT2D eigenvalue weighted by Gasteiger charge is -2.12. The maximum absolute atomic E-state index is 14.3. The number of nitrogens with one attached hydrogen (secondary N) is 2. The molecule has 0 atom stereocenters. The molecule has 1 aromatic heterocycles. The zero-order chi connectivity index (χ0) is 15.3. The number of hydrogen-bond donors (Lipinski definition) is 2. The third-order valence-electron chi connectivity index (χ3n) is 3.86. The van der Waals surface area contributed by atoms with Crippen molar-refractivity contribution in [2.24, 2.45) is 0 Å². The molecule has 2 heterocycles. The number of halogens is 1. The molecule has 4 rings (SSSR count). The Morgan fingerprint density at radius 1 is 1.23 bits per heavy atom. The fourth-order valence-corrected chi connectivity index (χ4v) is 2.99. The van der Waals surface area contributed by atoms with Crippen LogP contribution in [0.5, 0.6) is 5.75 Å². The number of aromatic amines is 1. The Bertz CT molecular complexity index is 901. The summed E-state index contributed by atoms with van der Waals surface area (Å²) in [7, 11) is 0. The van der Waals surface area contributed by atoms with E-state index in [2.05, 4.69) is 10.3 Å². The molecule has 2 N–H and O–H groups in total. The van der Waals surface area contributed by atoms with Gasteiger partial charge in [0.15, 0.2) is 0 Å². The average molecular weight is 296 g/mol. The van der Waals surface area contributed by atoms with Crippen molar-refractivity contribution in [2.45, 2.75) is 6.92 Å². The molecule has 1 aliphatic rings. The van der Waals surface area contributed by atoms with Gasteiger partial charge in [-0.3, -0.25) is 4.79 Å². The number of rotatable bonds is 3. The van der Waals surface area contributed by atoms with Crippen LogP contribution in [0, 0.1) is 5.82 Å². The van der Waals surface area contributed by atoms with Crippen LogP contribution in [0.2, 0.25) is 0 Å². The molecule has 1 aliphatic heterocycles. The summed E-state index contributed by atoms with van der Waals surface area (Å²) in [4.78, 5) is 15.4. The summed E-state index contributed by atoms with van der Waals surface area (Å²) in [6, 6.07) is 8.39. The minimum Gasteiger partial charge on any atom is -0.493 e. The van der Waals surface area contributed by atoms with Gasteiger partial charge in [0.25, 0.3) is 5.91 Å². The zero-order valence-corrected chi connectivity index (χ0v) is 11.9. The fraction of sp³-hybridized carbons (Fsp3) is 0.118. The van der Waals surface area contributed by atoms with Crippen molar-refractivity contribution in [1.82, 2.24) is 4.98 Å². The molecule has 0 bridgehead atoms. The molecule has 1 amide bonds. The Morgan fingerprint density at radius 2 is 2.09 bits per heavy atom. The van der Waals surface area contributed by atoms with Gasteiger partial charge in [0.1, 0.15) is 11.6 Å². The topological polar surface area (TPSA) is 54.1 Å². The van der Waals surface area contributed by atoms with Crippen molar-refractivity contribution in [2.75, 3.05) is 11.9 Å². The van der Waals surface area contributed by atoms with Crippen LogP contribution in [0.15, 0.2) is 36.5 Å². The van der Waals surface area contributed by atoms with Gasteiger partial charge in [-0.05, 0) is 37.3 Å². The molecule has 3 aromatic rings. The third-order valence-corrected chi connectivity index (χ3v) is 3.86. The van der Waals surface area contributed by atoms with Crippen LogP contribution in [0.1, 0.15) is 17.3 Å². The zero-order valence-electron chi connectivity index (χ0n) is 11.9. The van der Waals surface area contributed by atoms with Gasteiger partial charge in [-0.1, -0.05) is 0 Å². The molecule has 0 radical (unpaired) electrons. The molecule has 0 saturated carbocycles. The van der Waals surface area contributed by atoms with E-state index in [4.69, 9.17) is 4.74 Å². The van der Waals surface area contributed by atoms with Gasteiger partial charge in [-0.2, -0.15) is 0 Å². The van der Waals surface area contributed by atoms with Gasteiger partial charge in [0.2, 0.25) is 0 Å². The first-order valence-electron chi connectivity index (χ1n) is 7.08. The van der Waals surface area contributed by atoms with Gasteiger partial charge in [0.05, 0.1) is 23.2 Å². The number of anilines is 1. The van der Waals surface area contributed by atoms with E-state index in [9.17, 15) is 9.18 Å². The van der Waals surface area contributed by atoms with Crippen LogP contribution >= 0.6 is 0 Å². The number of carbonyl (C=O) groups excluding carboxylic acids is 1. The molecule has 2 aromatic carbocycles. The Balaban J connectivity index is 2.16. The number of amides is 1. The van der Waals surface area contributed by atoms with Crippen LogP contribution in [-0.2, 0) is 0 Å². The second-order valence-corrected chi connectivity index (χ2v) is 5.11. The van der Waals surface area contributed by atoms with Crippen molar-refractivity contribution < 1.29 is 13.9 Å². The minimum absolute atomic E-state index is 0.224. The highest BCUT2D eigenvalue weighted by molar-refractivity contribution is 6.27. The maximum Gasteiger partial charge on any atom is 0.257 e. The molecule has 110 valence electrons. The van der Waals surface area contributed by atoms with Crippen LogP contribution in [0.3, 0.4) is 0 Å². The Kier molecular flexibility index (Phi) is 2.69. The van der Waals surface area contributed by atoms with Crippen molar-refractivity contribution in [3.63, 3.8) is 0 Å². The largest absolute Gasteiger partial charge is 0.493 e. The number of ether oxygens (including phenoxy) is 1. The van der Waals surface area contributed by atoms with Gasteiger partial charge in [-0.15, -0.1) is 0 Å². The summed E-state index contributed by atoms with van der Waals surface area (Å²) in [6.07, 6.45) is 1.78. The van der Waals surface area contributed by atoms with Crippen molar-refractivity contribution >= 4 is 22.4 Å². The molecular weight excluding hydrogens is 283 g/mol. The fourth-order valence-electron chi connectivity index (χ4n) is 2.99. The summed E-state index contributed by atoms with van der Waals surface area (Å²) >= 11 is 0. The van der Waals surface area contributed by atoms with E-state index in [1.54, 1.807) is 18.3 Å². The van der Waals surface area contributed by atoms with Gasteiger partial charge >= 0.3 is 0 Å². The maximum atomic E-state index is 14.3. The van der Waals surface area contributed by atoms with Crippen LogP contribution in [0.4, 0.5) is 10.1 Å². The highest BCUT2D eigenvalue weighted by Crippen LogP contribution is 2.44. The standard InChI is InChI=1S/C17H13FN2O2/c1-2-22-13-8-9(11-4-3-7-19-11)14-16-12(20-17(14)21)6-5-10(18)15(13)16/h3-8,19H,2H2,1H3,(H,20,21). The van der Waals surface area contributed by atoms with E-state index in [0.29, 0.717) is 39.9 Å². The first-order valence-corrected chi connectivity index (χ1v) is 7.08. The van der Waals surface area contributed by atoms with Crippen LogP contribution in [0.25, 0.3) is 22.0 Å². The lowest BCUT2D eigenvalue weighted by Crippen LogP contribution is -2.06. The number of carbonyl (C=O) groups is 1. The molecular formula is C17H13FN2O2. The lowest BCUT2D eigenvalue weighted by atomic mass is 9.96. The second-order valence-electron chi connectivity index (χ2n) is 5.11. The van der Waals surface area contributed by atoms with E-state index >= 15 is 0 Å². The van der Waals surface area contributed by atoms with Crippen molar-refractivity contribution in [3.05, 3.63) is 47.9 Å². The van der Waals surface area contributed by atoms with E-state index in [-0.39, 0.29) is 5.91 Å². The smallest absolute Gasteiger partial charge is 0.257 e. The van der Waals surface area contributed by atoms with Crippen molar-refractivity contribution in [3.8, 4) is 17.0 Å². The summed E-state index contributed by atoms with van der Waals surface area (Å²) in [5.41, 5.74) is 2.61. The third kappa shape index (κ3) is 1.65. The molecule has 0 aliphatic carbocycles. The number of hydrogen-bond acceptors (Lipinski definition) is 2. The second kappa shape index (κ2) is 4.59. The summed E-state index contributed by atoms with van der Waals surface area (Å²) in [5.74, 6) is -0.169.